The van der Waals surface area contributed by atoms with Crippen LogP contribution in [0.3, 0.4) is 0 Å². The summed E-state index contributed by atoms with van der Waals surface area (Å²) in [7, 11) is 3.75. The summed E-state index contributed by atoms with van der Waals surface area (Å²) in [6, 6.07) is 4.05. The number of hydrogen-bond donors (Lipinski definition) is 0. The number of amides is 1. The maximum absolute atomic E-state index is 12.3. The quantitative estimate of drug-likeness (QED) is 0.725. The normalized spacial score (nSPS) is 11.2. The lowest BCUT2D eigenvalue weighted by Crippen LogP contribution is -2.26. The molecule has 3 aromatic rings. The third kappa shape index (κ3) is 2.76. The highest BCUT2D eigenvalue weighted by atomic mass is 32.1. The highest BCUT2D eigenvalue weighted by Crippen LogP contribution is 2.17. The van der Waals surface area contributed by atoms with Crippen LogP contribution in [0.25, 0.3) is 11.0 Å². The number of carbonyl (C=O) groups excluding carboxylic acids is 1. The summed E-state index contributed by atoms with van der Waals surface area (Å²) in [5.41, 5.74) is 2.95. The molecule has 6 nitrogen and oxygen atoms in total. The fraction of sp³-hybridized carbons (Fsp3) is 0.400. The maximum Gasteiger partial charge on any atom is 0.224 e. The van der Waals surface area contributed by atoms with E-state index in [0.29, 0.717) is 19.5 Å². The van der Waals surface area contributed by atoms with Gasteiger partial charge >= 0.3 is 0 Å². The van der Waals surface area contributed by atoms with E-state index >= 15 is 0 Å². The highest BCUT2D eigenvalue weighted by molar-refractivity contribution is 7.09. The number of carbonyl (C=O) groups is 1. The molecule has 0 saturated heterocycles. The minimum atomic E-state index is 0.124. The summed E-state index contributed by atoms with van der Waals surface area (Å²) in [6.07, 6.45) is 2.24. The van der Waals surface area contributed by atoms with E-state index in [2.05, 4.69) is 10.2 Å². The molecule has 3 rings (SSSR count). The van der Waals surface area contributed by atoms with Gasteiger partial charge < -0.3 is 4.90 Å². The fourth-order valence-electron chi connectivity index (χ4n) is 2.60. The van der Waals surface area contributed by atoms with Gasteiger partial charge in [0, 0.05) is 25.4 Å². The first-order valence-electron chi connectivity index (χ1n) is 7.17. The molecule has 0 saturated carbocycles. The Morgan fingerprint density at radius 3 is 3.00 bits per heavy atom. The molecule has 7 heteroatoms. The van der Waals surface area contributed by atoms with Gasteiger partial charge in [0.05, 0.1) is 25.0 Å². The molecular weight excluding hydrogens is 298 g/mol. The van der Waals surface area contributed by atoms with Gasteiger partial charge in [-0.25, -0.2) is 0 Å². The van der Waals surface area contributed by atoms with Crippen LogP contribution in [0.5, 0.6) is 0 Å². The Morgan fingerprint density at radius 1 is 1.45 bits per heavy atom. The van der Waals surface area contributed by atoms with Gasteiger partial charge in [0.2, 0.25) is 5.91 Å². The topological polar surface area (TPSA) is 56.0 Å². The molecule has 22 heavy (non-hydrogen) atoms. The molecule has 0 aliphatic heterocycles. The second-order valence-electron chi connectivity index (χ2n) is 5.39. The zero-order valence-electron chi connectivity index (χ0n) is 13.0. The van der Waals surface area contributed by atoms with E-state index < -0.39 is 0 Å². The maximum atomic E-state index is 12.3. The zero-order chi connectivity index (χ0) is 15.7. The van der Waals surface area contributed by atoms with Gasteiger partial charge in [0.15, 0.2) is 0 Å². The van der Waals surface area contributed by atoms with Crippen molar-refractivity contribution in [3.05, 3.63) is 34.3 Å². The molecule has 0 unspecified atom stereocenters. The van der Waals surface area contributed by atoms with Crippen molar-refractivity contribution in [2.75, 3.05) is 7.05 Å². The lowest BCUT2D eigenvalue weighted by atomic mass is 10.3. The van der Waals surface area contributed by atoms with Gasteiger partial charge in [-0.15, -0.1) is 11.3 Å². The van der Waals surface area contributed by atoms with E-state index in [9.17, 15) is 4.79 Å². The van der Waals surface area contributed by atoms with Gasteiger partial charge in [-0.3, -0.25) is 14.2 Å². The van der Waals surface area contributed by atoms with E-state index in [1.807, 2.05) is 47.9 Å². The van der Waals surface area contributed by atoms with E-state index in [4.69, 9.17) is 0 Å². The van der Waals surface area contributed by atoms with E-state index in [1.54, 1.807) is 22.4 Å². The Balaban J connectivity index is 1.65. The lowest BCUT2D eigenvalue weighted by molar-refractivity contribution is -0.130. The van der Waals surface area contributed by atoms with Gasteiger partial charge in [-0.05, 0) is 18.4 Å². The number of thiophene rings is 1. The summed E-state index contributed by atoms with van der Waals surface area (Å²) in [6.45, 7) is 3.20. The second kappa shape index (κ2) is 5.92. The number of aromatic nitrogens is 4. The summed E-state index contributed by atoms with van der Waals surface area (Å²) in [5.74, 6) is 0.124. The summed E-state index contributed by atoms with van der Waals surface area (Å²) in [5, 5.41) is 10.8. The molecule has 1 amide bonds. The van der Waals surface area contributed by atoms with Gasteiger partial charge in [-0.2, -0.15) is 10.2 Å². The Labute approximate surface area is 133 Å². The minimum Gasteiger partial charge on any atom is -0.341 e. The third-order valence-electron chi connectivity index (χ3n) is 3.75. The zero-order valence-corrected chi connectivity index (χ0v) is 13.8. The monoisotopic (exact) mass is 317 g/mol. The Kier molecular flexibility index (Phi) is 3.98. The Hall–Kier alpha value is -2.15. The van der Waals surface area contributed by atoms with Crippen LogP contribution >= 0.6 is 11.3 Å². The number of rotatable bonds is 5. The molecule has 0 radical (unpaired) electrons. The van der Waals surface area contributed by atoms with Crippen molar-refractivity contribution in [1.29, 1.82) is 0 Å². The van der Waals surface area contributed by atoms with Crippen molar-refractivity contribution < 1.29 is 4.79 Å². The molecule has 0 aliphatic rings. The van der Waals surface area contributed by atoms with Crippen LogP contribution in [-0.2, 0) is 24.9 Å². The summed E-state index contributed by atoms with van der Waals surface area (Å²) < 4.78 is 3.69. The first-order valence-corrected chi connectivity index (χ1v) is 8.05. The molecule has 0 N–H and O–H groups in total. The first kappa shape index (κ1) is 14.8. The van der Waals surface area contributed by atoms with Crippen molar-refractivity contribution in [2.24, 2.45) is 7.05 Å². The predicted octanol–water partition coefficient (Wildman–Crippen LogP) is 2.19. The van der Waals surface area contributed by atoms with Crippen LogP contribution in [0.15, 0.2) is 23.7 Å². The molecule has 3 aromatic heterocycles. The average Bonchev–Trinajstić information content (AvgIpc) is 3.17. The number of hydrogen-bond acceptors (Lipinski definition) is 4. The van der Waals surface area contributed by atoms with Crippen LogP contribution in [-0.4, -0.2) is 37.4 Å². The van der Waals surface area contributed by atoms with Crippen molar-refractivity contribution in [1.82, 2.24) is 24.5 Å². The second-order valence-corrected chi connectivity index (χ2v) is 6.42. The van der Waals surface area contributed by atoms with Crippen LogP contribution in [0.2, 0.25) is 0 Å². The van der Waals surface area contributed by atoms with Gasteiger partial charge in [0.1, 0.15) is 11.0 Å². The van der Waals surface area contributed by atoms with Crippen molar-refractivity contribution in [2.45, 2.75) is 26.4 Å². The number of nitrogens with zero attached hydrogens (tertiary/aromatic N) is 5. The van der Waals surface area contributed by atoms with E-state index in [0.717, 1.165) is 16.7 Å². The molecule has 116 valence electrons. The minimum absolute atomic E-state index is 0.124. The smallest absolute Gasteiger partial charge is 0.224 e. The lowest BCUT2D eigenvalue weighted by Gasteiger charge is -2.16. The summed E-state index contributed by atoms with van der Waals surface area (Å²) in [4.78, 5) is 15.2. The standard InChI is InChI=1S/C15H19N5OS/c1-11-15-13(19(3)17-11)9-16-20(15)7-6-14(21)18(2)10-12-5-4-8-22-12/h4-5,8-9H,6-7,10H2,1-3H3. The van der Waals surface area contributed by atoms with Crippen LogP contribution < -0.4 is 0 Å². The van der Waals surface area contributed by atoms with Crippen LogP contribution in [0.1, 0.15) is 17.0 Å². The van der Waals surface area contributed by atoms with Crippen molar-refractivity contribution >= 4 is 28.3 Å². The molecule has 0 spiro atoms. The molecule has 0 aromatic carbocycles. The molecule has 0 bridgehead atoms. The average molecular weight is 317 g/mol. The fourth-order valence-corrected chi connectivity index (χ4v) is 3.35. The Bertz CT molecular complexity index is 786. The largest absolute Gasteiger partial charge is 0.341 e. The summed E-state index contributed by atoms with van der Waals surface area (Å²) >= 11 is 1.67. The van der Waals surface area contributed by atoms with E-state index in [-0.39, 0.29) is 5.91 Å². The SMILES string of the molecule is Cc1nn(C)c2cnn(CCC(=O)N(C)Cc3cccs3)c12. The highest BCUT2D eigenvalue weighted by Gasteiger charge is 2.14. The number of aryl methyl sites for hydroxylation is 3. The number of fused-ring (bicyclic) bond motifs is 1. The first-order chi connectivity index (χ1) is 10.6. The van der Waals surface area contributed by atoms with Crippen LogP contribution in [0, 0.1) is 6.92 Å². The van der Waals surface area contributed by atoms with Crippen molar-refractivity contribution in [3.63, 3.8) is 0 Å². The molecule has 0 aliphatic carbocycles. The third-order valence-corrected chi connectivity index (χ3v) is 4.61. The molecule has 3 heterocycles. The van der Waals surface area contributed by atoms with Crippen molar-refractivity contribution in [3.8, 4) is 0 Å². The van der Waals surface area contributed by atoms with E-state index in [1.165, 1.54) is 4.88 Å². The molecular formula is C15H19N5OS. The van der Waals surface area contributed by atoms with Crippen LogP contribution in [0.4, 0.5) is 0 Å². The molecule has 0 atom stereocenters. The van der Waals surface area contributed by atoms with Gasteiger partial charge in [0.25, 0.3) is 0 Å². The predicted molar refractivity (Wildman–Crippen MR) is 86.6 cm³/mol. The Morgan fingerprint density at radius 2 is 2.27 bits per heavy atom. The van der Waals surface area contributed by atoms with Gasteiger partial charge in [-0.1, -0.05) is 6.07 Å². The molecule has 0 fully saturated rings.